The highest BCUT2D eigenvalue weighted by Gasteiger charge is 2.29. The van der Waals surface area contributed by atoms with E-state index in [1.54, 1.807) is 19.3 Å². The van der Waals surface area contributed by atoms with Gasteiger partial charge >= 0.3 is 0 Å². The SMILES string of the molecule is CN/C=C(\C=N)c1cc2c(cc1C(F)F)N(c1cccc(NC)c1NCCC=O)CC[C@@H]2C. The molecule has 3 rings (SSSR count). The second kappa shape index (κ2) is 10.9. The highest BCUT2D eigenvalue weighted by molar-refractivity contribution is 6.09. The molecule has 0 saturated carbocycles. The van der Waals surface area contributed by atoms with Crippen LogP contribution in [0, 0.1) is 5.41 Å². The molecule has 0 aliphatic carbocycles. The molecule has 2 aromatic carbocycles. The molecule has 2 aromatic rings. The molecule has 0 aromatic heterocycles. The lowest BCUT2D eigenvalue weighted by Crippen LogP contribution is -2.28. The summed E-state index contributed by atoms with van der Waals surface area (Å²) in [6.45, 7) is 3.25. The standard InChI is InChI=1S/C25H31F2N5O/c1-16-8-10-32(22-7-4-6-21(30-3)24(22)31-9-5-11-33)23-13-20(25(26)27)19(12-18(16)23)17(14-28)15-29-2/h4,6-7,11-16,25,28-31H,5,8-10H2,1-3H3/b17-15+,28-14?/t16-/m0/s1. The summed E-state index contributed by atoms with van der Waals surface area (Å²) in [7, 11) is 3.51. The molecule has 0 fully saturated rings. The van der Waals surface area contributed by atoms with Crippen molar-refractivity contribution in [3.05, 3.63) is 53.2 Å². The predicted octanol–water partition coefficient (Wildman–Crippen LogP) is 5.52. The van der Waals surface area contributed by atoms with Crippen molar-refractivity contribution in [2.45, 2.75) is 32.1 Å². The first-order valence-corrected chi connectivity index (χ1v) is 11.1. The third-order valence-electron chi connectivity index (χ3n) is 5.97. The number of carbonyl (C=O) groups excluding carboxylic acids is 1. The topological polar surface area (TPSA) is 80.2 Å². The number of nitrogens with zero attached hydrogens (tertiary/aromatic N) is 1. The van der Waals surface area contributed by atoms with Crippen molar-refractivity contribution in [1.29, 1.82) is 5.41 Å². The van der Waals surface area contributed by atoms with Gasteiger partial charge in [0.1, 0.15) is 6.29 Å². The van der Waals surface area contributed by atoms with Crippen LogP contribution in [0.2, 0.25) is 0 Å². The maximum atomic E-state index is 14.2. The molecular formula is C25H31F2N5O. The van der Waals surface area contributed by atoms with E-state index in [0.29, 0.717) is 30.6 Å². The quantitative estimate of drug-likeness (QED) is 0.215. The van der Waals surface area contributed by atoms with Crippen molar-refractivity contribution in [3.8, 4) is 0 Å². The van der Waals surface area contributed by atoms with Gasteiger partial charge in [0.15, 0.2) is 0 Å². The Balaban J connectivity index is 2.19. The Morgan fingerprint density at radius 3 is 2.70 bits per heavy atom. The number of nitrogens with one attached hydrogen (secondary N) is 4. The van der Waals surface area contributed by atoms with Crippen LogP contribution in [0.25, 0.3) is 5.57 Å². The van der Waals surface area contributed by atoms with Gasteiger partial charge in [-0.1, -0.05) is 13.0 Å². The summed E-state index contributed by atoms with van der Waals surface area (Å²) >= 11 is 0. The van der Waals surface area contributed by atoms with Gasteiger partial charge in [-0.25, -0.2) is 8.78 Å². The maximum Gasteiger partial charge on any atom is 0.264 e. The van der Waals surface area contributed by atoms with Gasteiger partial charge in [0.25, 0.3) is 6.43 Å². The zero-order chi connectivity index (χ0) is 24.0. The van der Waals surface area contributed by atoms with Crippen LogP contribution in [-0.4, -0.2) is 39.7 Å². The van der Waals surface area contributed by atoms with Gasteiger partial charge in [0.05, 0.1) is 17.1 Å². The number of aldehydes is 1. The fourth-order valence-electron chi connectivity index (χ4n) is 4.30. The van der Waals surface area contributed by atoms with Gasteiger partial charge in [-0.15, -0.1) is 0 Å². The van der Waals surface area contributed by atoms with E-state index < -0.39 is 6.43 Å². The van der Waals surface area contributed by atoms with E-state index in [1.807, 2.05) is 31.3 Å². The average Bonchev–Trinajstić information content (AvgIpc) is 2.82. The lowest BCUT2D eigenvalue weighted by Gasteiger charge is -2.37. The maximum absolute atomic E-state index is 14.2. The van der Waals surface area contributed by atoms with E-state index in [4.69, 9.17) is 5.41 Å². The number of fused-ring (bicyclic) bond motifs is 1. The fourth-order valence-corrected chi connectivity index (χ4v) is 4.30. The number of rotatable bonds is 10. The van der Waals surface area contributed by atoms with Crippen LogP contribution in [-0.2, 0) is 4.79 Å². The lowest BCUT2D eigenvalue weighted by molar-refractivity contribution is -0.107. The molecule has 0 amide bonds. The van der Waals surface area contributed by atoms with Crippen LogP contribution in [0.15, 0.2) is 36.5 Å². The van der Waals surface area contributed by atoms with E-state index in [0.717, 1.165) is 47.2 Å². The molecule has 6 nitrogen and oxygen atoms in total. The molecular weight excluding hydrogens is 424 g/mol. The van der Waals surface area contributed by atoms with Gasteiger partial charge in [-0.3, -0.25) is 0 Å². The third-order valence-corrected chi connectivity index (χ3v) is 5.97. The molecule has 0 radical (unpaired) electrons. The number of hydrogen-bond donors (Lipinski definition) is 4. The number of carbonyl (C=O) groups is 1. The van der Waals surface area contributed by atoms with Gasteiger partial charge in [-0.2, -0.15) is 0 Å². The Hall–Kier alpha value is -3.42. The molecule has 176 valence electrons. The van der Waals surface area contributed by atoms with Gasteiger partial charge in [0, 0.05) is 62.8 Å². The Labute approximate surface area is 193 Å². The first-order valence-electron chi connectivity index (χ1n) is 11.1. The second-order valence-corrected chi connectivity index (χ2v) is 8.00. The number of para-hydroxylation sites is 1. The van der Waals surface area contributed by atoms with Crippen molar-refractivity contribution in [3.63, 3.8) is 0 Å². The van der Waals surface area contributed by atoms with Gasteiger partial charge in [0.2, 0.25) is 0 Å². The van der Waals surface area contributed by atoms with Crippen molar-refractivity contribution < 1.29 is 13.6 Å². The zero-order valence-corrected chi connectivity index (χ0v) is 19.2. The van der Waals surface area contributed by atoms with Crippen molar-refractivity contribution >= 4 is 40.8 Å². The highest BCUT2D eigenvalue weighted by atomic mass is 19.3. The molecule has 1 aliphatic rings. The normalized spacial score (nSPS) is 15.8. The number of benzene rings is 2. The summed E-state index contributed by atoms with van der Waals surface area (Å²) in [5.74, 6) is 0.183. The van der Waals surface area contributed by atoms with Crippen molar-refractivity contribution in [1.82, 2.24) is 5.32 Å². The van der Waals surface area contributed by atoms with Crippen LogP contribution >= 0.6 is 0 Å². The number of alkyl halides is 2. The van der Waals surface area contributed by atoms with E-state index in [-0.39, 0.29) is 11.5 Å². The molecule has 0 spiro atoms. The molecule has 0 saturated heterocycles. The first kappa shape index (κ1) is 24.2. The largest absolute Gasteiger partial charge is 0.393 e. The number of allylic oxidation sites excluding steroid dienone is 1. The molecule has 0 bridgehead atoms. The average molecular weight is 456 g/mol. The molecule has 8 heteroatoms. The lowest BCUT2D eigenvalue weighted by atomic mass is 9.86. The van der Waals surface area contributed by atoms with Crippen LogP contribution < -0.4 is 20.9 Å². The first-order chi connectivity index (χ1) is 16.0. The number of hydrogen-bond acceptors (Lipinski definition) is 6. The fraction of sp³-hybridized carbons (Fsp3) is 0.360. The third kappa shape index (κ3) is 4.99. The van der Waals surface area contributed by atoms with Gasteiger partial charge < -0.3 is 31.1 Å². The van der Waals surface area contributed by atoms with Crippen LogP contribution in [0.4, 0.5) is 31.5 Å². The summed E-state index contributed by atoms with van der Waals surface area (Å²) in [4.78, 5) is 12.9. The summed E-state index contributed by atoms with van der Waals surface area (Å²) in [6, 6.07) is 9.20. The smallest absolute Gasteiger partial charge is 0.264 e. The summed E-state index contributed by atoms with van der Waals surface area (Å²) in [5.41, 5.74) is 4.97. The summed E-state index contributed by atoms with van der Waals surface area (Å²) in [5, 5.41) is 17.1. The van der Waals surface area contributed by atoms with Crippen molar-refractivity contribution in [2.75, 3.05) is 42.7 Å². The Morgan fingerprint density at radius 1 is 1.27 bits per heavy atom. The predicted molar refractivity (Wildman–Crippen MR) is 132 cm³/mol. The minimum Gasteiger partial charge on any atom is -0.393 e. The number of halogens is 2. The monoisotopic (exact) mass is 455 g/mol. The molecule has 1 heterocycles. The Bertz CT molecular complexity index is 1040. The molecule has 1 atom stereocenters. The molecule has 1 aliphatic heterocycles. The molecule has 4 N–H and O–H groups in total. The second-order valence-electron chi connectivity index (χ2n) is 8.00. The minimum absolute atomic E-state index is 0.0990. The summed E-state index contributed by atoms with van der Waals surface area (Å²) < 4.78 is 28.3. The molecule has 33 heavy (non-hydrogen) atoms. The minimum atomic E-state index is -2.68. The number of anilines is 4. The van der Waals surface area contributed by atoms with Gasteiger partial charge in [-0.05, 0) is 47.7 Å². The van der Waals surface area contributed by atoms with Crippen LogP contribution in [0.5, 0.6) is 0 Å². The Kier molecular flexibility index (Phi) is 8.03. The highest BCUT2D eigenvalue weighted by Crippen LogP contribution is 2.46. The van der Waals surface area contributed by atoms with Crippen LogP contribution in [0.3, 0.4) is 0 Å². The zero-order valence-electron chi connectivity index (χ0n) is 19.2. The van der Waals surface area contributed by atoms with Crippen LogP contribution in [0.1, 0.15) is 48.8 Å². The Morgan fingerprint density at radius 2 is 2.06 bits per heavy atom. The van der Waals surface area contributed by atoms with E-state index in [1.165, 1.54) is 0 Å². The van der Waals surface area contributed by atoms with E-state index in [9.17, 15) is 13.6 Å². The van der Waals surface area contributed by atoms with E-state index >= 15 is 0 Å². The van der Waals surface area contributed by atoms with Crippen molar-refractivity contribution in [2.24, 2.45) is 0 Å². The summed E-state index contributed by atoms with van der Waals surface area (Å²) in [6.07, 6.45) is 2.07. The molecule has 0 unspecified atom stereocenters. The van der Waals surface area contributed by atoms with E-state index in [2.05, 4.69) is 27.8 Å².